The Kier molecular flexibility index (Phi) is 4.86. The van der Waals surface area contributed by atoms with E-state index in [4.69, 9.17) is 4.42 Å². The van der Waals surface area contributed by atoms with Gasteiger partial charge >= 0.3 is 0 Å². The van der Waals surface area contributed by atoms with Gasteiger partial charge in [0.25, 0.3) is 0 Å². The van der Waals surface area contributed by atoms with Crippen LogP contribution in [0.25, 0.3) is 60.6 Å². The van der Waals surface area contributed by atoms with Gasteiger partial charge in [-0.05, 0) is 86.8 Å². The van der Waals surface area contributed by atoms with E-state index in [1.54, 1.807) is 0 Å². The first-order valence-electron chi connectivity index (χ1n) is 13.0. The second kappa shape index (κ2) is 8.19. The first-order valence-corrected chi connectivity index (χ1v) is 13.0. The maximum atomic E-state index is 13.4. The van der Waals surface area contributed by atoms with Crippen molar-refractivity contribution in [1.29, 1.82) is 0 Å². The lowest BCUT2D eigenvalue weighted by Gasteiger charge is -2.16. The highest BCUT2D eigenvalue weighted by molar-refractivity contribution is 6.12. The fourth-order valence-corrected chi connectivity index (χ4v) is 6.16. The molecule has 0 atom stereocenters. The molecular formula is C35H27NO2. The molecule has 38 heavy (non-hydrogen) atoms. The molecule has 0 unspecified atom stereocenters. The van der Waals surface area contributed by atoms with Crippen LogP contribution in [0.1, 0.15) is 22.3 Å². The van der Waals surface area contributed by atoms with Gasteiger partial charge in [-0.2, -0.15) is 0 Å². The van der Waals surface area contributed by atoms with E-state index >= 15 is 0 Å². The van der Waals surface area contributed by atoms with E-state index in [9.17, 15) is 4.79 Å². The van der Waals surface area contributed by atoms with Crippen molar-refractivity contribution in [2.45, 2.75) is 27.7 Å². The largest absolute Gasteiger partial charge is 0.456 e. The predicted molar refractivity (Wildman–Crippen MR) is 159 cm³/mol. The van der Waals surface area contributed by atoms with Crippen molar-refractivity contribution in [2.75, 3.05) is 0 Å². The number of fused-ring (bicyclic) bond motifs is 5. The molecular weight excluding hydrogens is 466 g/mol. The Morgan fingerprint density at radius 3 is 1.89 bits per heavy atom. The molecule has 0 N–H and O–H groups in total. The number of benzene rings is 5. The number of nitrogens with zero attached hydrogens (tertiary/aromatic N) is 1. The number of hydrogen-bond donors (Lipinski definition) is 0. The Morgan fingerprint density at radius 1 is 0.579 bits per heavy atom. The number of hydrogen-bond acceptors (Lipinski definition) is 2. The summed E-state index contributed by atoms with van der Waals surface area (Å²) in [6.45, 7) is 8.72. The van der Waals surface area contributed by atoms with Crippen LogP contribution in [-0.2, 0) is 0 Å². The summed E-state index contributed by atoms with van der Waals surface area (Å²) in [5.74, 6) is 0. The molecule has 184 valence electrons. The van der Waals surface area contributed by atoms with E-state index < -0.39 is 0 Å². The minimum absolute atomic E-state index is 0.00400. The summed E-state index contributed by atoms with van der Waals surface area (Å²) in [5, 5.41) is 3.73. The second-order valence-electron chi connectivity index (χ2n) is 10.4. The van der Waals surface area contributed by atoms with Crippen LogP contribution in [0.15, 0.2) is 100 Å². The van der Waals surface area contributed by atoms with E-state index in [-0.39, 0.29) is 5.43 Å². The van der Waals surface area contributed by atoms with Crippen molar-refractivity contribution in [3.8, 4) is 16.8 Å². The Hall–Kier alpha value is -4.63. The summed E-state index contributed by atoms with van der Waals surface area (Å²) in [5.41, 5.74) is 11.8. The summed E-state index contributed by atoms with van der Waals surface area (Å²) >= 11 is 0. The van der Waals surface area contributed by atoms with Gasteiger partial charge in [-0.1, -0.05) is 59.7 Å². The second-order valence-corrected chi connectivity index (χ2v) is 10.4. The average Bonchev–Trinajstić information content (AvgIpc) is 3.23. The highest BCUT2D eigenvalue weighted by atomic mass is 16.3. The first-order chi connectivity index (χ1) is 18.4. The average molecular weight is 494 g/mol. The van der Waals surface area contributed by atoms with Crippen LogP contribution in [0.4, 0.5) is 0 Å². The van der Waals surface area contributed by atoms with Gasteiger partial charge in [0.1, 0.15) is 11.2 Å². The van der Waals surface area contributed by atoms with E-state index in [2.05, 4.69) is 86.9 Å². The maximum absolute atomic E-state index is 13.4. The Labute approximate surface area is 220 Å². The van der Waals surface area contributed by atoms with Crippen LogP contribution in [0.2, 0.25) is 0 Å². The number of rotatable bonds is 2. The van der Waals surface area contributed by atoms with Crippen LogP contribution in [-0.4, -0.2) is 4.57 Å². The molecule has 0 fully saturated rings. The normalized spacial score (nSPS) is 11.8. The molecule has 3 nitrogen and oxygen atoms in total. The third-order valence-electron chi connectivity index (χ3n) is 7.66. The van der Waals surface area contributed by atoms with Crippen LogP contribution >= 0.6 is 0 Å². The van der Waals surface area contributed by atoms with Crippen LogP contribution in [0.5, 0.6) is 0 Å². The molecule has 0 saturated heterocycles. The fraction of sp³-hybridized carbons (Fsp3) is 0.114. The highest BCUT2D eigenvalue weighted by Crippen LogP contribution is 2.40. The zero-order chi connectivity index (χ0) is 26.1. The molecule has 0 aliphatic carbocycles. The van der Waals surface area contributed by atoms with Crippen LogP contribution < -0.4 is 5.43 Å². The van der Waals surface area contributed by atoms with E-state index in [1.165, 1.54) is 44.1 Å². The van der Waals surface area contributed by atoms with Gasteiger partial charge in [0, 0.05) is 16.3 Å². The first kappa shape index (κ1) is 22.6. The van der Waals surface area contributed by atoms with Crippen molar-refractivity contribution in [3.05, 3.63) is 123 Å². The van der Waals surface area contributed by atoms with Crippen LogP contribution in [0, 0.1) is 27.7 Å². The van der Waals surface area contributed by atoms with Gasteiger partial charge in [-0.15, -0.1) is 0 Å². The minimum atomic E-state index is -0.00400. The van der Waals surface area contributed by atoms with Gasteiger partial charge in [0.05, 0.1) is 27.5 Å². The van der Waals surface area contributed by atoms with Crippen molar-refractivity contribution in [3.63, 3.8) is 0 Å². The van der Waals surface area contributed by atoms with Gasteiger partial charge in [-0.25, -0.2) is 0 Å². The zero-order valence-corrected chi connectivity index (χ0v) is 21.9. The summed E-state index contributed by atoms with van der Waals surface area (Å²) in [6.07, 6.45) is 0. The molecule has 0 amide bonds. The monoisotopic (exact) mass is 493 g/mol. The molecule has 7 rings (SSSR count). The van der Waals surface area contributed by atoms with Gasteiger partial charge in [0.2, 0.25) is 5.43 Å². The molecule has 2 heterocycles. The van der Waals surface area contributed by atoms with Crippen LogP contribution in [0.3, 0.4) is 0 Å². The maximum Gasteiger partial charge on any atom is 0.200 e. The molecule has 0 aliphatic rings. The van der Waals surface area contributed by atoms with Crippen molar-refractivity contribution in [2.24, 2.45) is 0 Å². The smallest absolute Gasteiger partial charge is 0.200 e. The molecule has 5 aromatic carbocycles. The standard InChI is InChI=1S/C35H27NO2/c1-20-15-22(3)33-27(17-20)28-18-21(2)16-23(4)34(28)36(33)30-11-7-5-9-25(30)24-13-14-32-29(19-24)35(37)26-10-6-8-12-31(26)38-32/h5-19H,1-4H3. The predicted octanol–water partition coefficient (Wildman–Crippen LogP) is 8.94. The summed E-state index contributed by atoms with van der Waals surface area (Å²) in [6, 6.07) is 31.0. The topological polar surface area (TPSA) is 35.1 Å². The third kappa shape index (κ3) is 3.25. The number of para-hydroxylation sites is 2. The highest BCUT2D eigenvalue weighted by Gasteiger charge is 2.19. The SMILES string of the molecule is Cc1cc(C)c2c(c1)c1cc(C)cc(C)c1n2-c1ccccc1-c1ccc2oc3ccccc3c(=O)c2c1. The quantitative estimate of drug-likeness (QED) is 0.225. The summed E-state index contributed by atoms with van der Waals surface area (Å²) < 4.78 is 8.50. The van der Waals surface area contributed by atoms with E-state index in [0.29, 0.717) is 21.9 Å². The molecule has 0 radical (unpaired) electrons. The molecule has 0 bridgehead atoms. The van der Waals surface area contributed by atoms with Gasteiger partial charge in [-0.3, -0.25) is 4.79 Å². The third-order valence-corrected chi connectivity index (χ3v) is 7.66. The van der Waals surface area contributed by atoms with Gasteiger partial charge < -0.3 is 8.98 Å². The molecule has 3 heteroatoms. The lowest BCUT2D eigenvalue weighted by atomic mass is 10.0. The van der Waals surface area contributed by atoms with Crippen molar-refractivity contribution in [1.82, 2.24) is 4.57 Å². The Balaban J connectivity index is 1.57. The Morgan fingerprint density at radius 2 is 1.18 bits per heavy atom. The molecule has 0 aliphatic heterocycles. The molecule has 7 aromatic rings. The molecule has 0 saturated carbocycles. The van der Waals surface area contributed by atoms with Crippen molar-refractivity contribution >= 4 is 43.7 Å². The molecule has 2 aromatic heterocycles. The Bertz CT molecular complexity index is 2080. The summed E-state index contributed by atoms with van der Waals surface area (Å²) in [4.78, 5) is 13.4. The number of aryl methyl sites for hydroxylation is 4. The lowest BCUT2D eigenvalue weighted by molar-refractivity contribution is 0.660. The van der Waals surface area contributed by atoms with Gasteiger partial charge in [0.15, 0.2) is 0 Å². The minimum Gasteiger partial charge on any atom is -0.456 e. The summed E-state index contributed by atoms with van der Waals surface area (Å²) in [7, 11) is 0. The fourth-order valence-electron chi connectivity index (χ4n) is 6.16. The number of aromatic nitrogens is 1. The van der Waals surface area contributed by atoms with E-state index in [1.807, 2.05) is 36.4 Å². The molecule has 0 spiro atoms. The zero-order valence-electron chi connectivity index (χ0n) is 21.9. The lowest BCUT2D eigenvalue weighted by Crippen LogP contribution is -2.03. The van der Waals surface area contributed by atoms with Crippen molar-refractivity contribution < 1.29 is 4.42 Å². The van der Waals surface area contributed by atoms with E-state index in [0.717, 1.165) is 16.8 Å².